The molecule has 2 aromatic carbocycles. The average Bonchev–Trinajstić information content (AvgIpc) is 3.06. The molecule has 4 rings (SSSR count). The maximum absolute atomic E-state index is 13.8. The first-order valence-corrected chi connectivity index (χ1v) is 12.0. The number of hydrogen-bond acceptors (Lipinski definition) is 4. The van der Waals surface area contributed by atoms with Crippen LogP contribution in [0.15, 0.2) is 42.2 Å². The molecule has 2 aliphatic carbocycles. The number of hydrogen-bond donors (Lipinski definition) is 1. The number of Topliss-reactive ketones (excluding diaryl/α,β-unsaturated/α-hetero) is 1. The van der Waals surface area contributed by atoms with E-state index in [1.807, 2.05) is 12.1 Å². The smallest absolute Gasteiger partial charge is 0.269 e. The molecule has 0 aliphatic heterocycles. The highest BCUT2D eigenvalue weighted by molar-refractivity contribution is 6.25. The van der Waals surface area contributed by atoms with Gasteiger partial charge in [-0.15, -0.1) is 0 Å². The van der Waals surface area contributed by atoms with E-state index in [1.54, 1.807) is 12.1 Å². The van der Waals surface area contributed by atoms with Crippen molar-refractivity contribution in [2.45, 2.75) is 59.8 Å². The fraction of sp³-hybridized carbons (Fsp3) is 0.464. The van der Waals surface area contributed by atoms with Gasteiger partial charge in [0, 0.05) is 24.0 Å². The van der Waals surface area contributed by atoms with Gasteiger partial charge in [0.05, 0.1) is 10.5 Å². The topological polar surface area (TPSA) is 80.4 Å². The number of fused-ring (bicyclic) bond motifs is 1. The van der Waals surface area contributed by atoms with Crippen LogP contribution in [0.25, 0.3) is 5.57 Å². The highest BCUT2D eigenvalue weighted by Crippen LogP contribution is 2.55. The molecule has 5 nitrogen and oxygen atoms in total. The van der Waals surface area contributed by atoms with Crippen molar-refractivity contribution in [1.82, 2.24) is 0 Å². The zero-order valence-corrected chi connectivity index (χ0v) is 20.1. The Labute approximate surface area is 195 Å². The van der Waals surface area contributed by atoms with E-state index in [9.17, 15) is 20.0 Å². The minimum atomic E-state index is -0.387. The second-order valence-corrected chi connectivity index (χ2v) is 9.87. The van der Waals surface area contributed by atoms with Gasteiger partial charge in [-0.2, -0.15) is 0 Å². The zero-order chi connectivity index (χ0) is 24.0. The van der Waals surface area contributed by atoms with E-state index in [1.165, 1.54) is 5.56 Å². The van der Waals surface area contributed by atoms with Crippen LogP contribution in [0.1, 0.15) is 67.9 Å². The summed E-state index contributed by atoms with van der Waals surface area (Å²) in [4.78, 5) is 24.5. The molecule has 0 saturated heterocycles. The standard InChI is InChI=1S/C28H33NO4/c1-6-18-12-15(3)13-19(7-2)25(18)26-27(30)23-16(4)14-22(17(5)24(23)28(26)31)20-8-10-21(11-9-20)29(32)33/h8-13,16-17,22-24,31H,6-7,14H2,1-5H3/t16?,17?,22?,23-,24+/m0/s1. The molecule has 0 spiro atoms. The van der Waals surface area contributed by atoms with Crippen molar-refractivity contribution in [3.63, 3.8) is 0 Å². The average molecular weight is 448 g/mol. The second kappa shape index (κ2) is 8.77. The summed E-state index contributed by atoms with van der Waals surface area (Å²) >= 11 is 0. The van der Waals surface area contributed by atoms with E-state index in [-0.39, 0.29) is 51.7 Å². The lowest BCUT2D eigenvalue weighted by atomic mass is 9.62. The Morgan fingerprint density at radius 3 is 2.12 bits per heavy atom. The fourth-order valence-corrected chi connectivity index (χ4v) is 6.35. The van der Waals surface area contributed by atoms with E-state index in [0.29, 0.717) is 5.57 Å². The molecule has 1 saturated carbocycles. The molecule has 2 aromatic rings. The number of carbonyl (C=O) groups excluding carboxylic acids is 1. The zero-order valence-electron chi connectivity index (χ0n) is 20.1. The Morgan fingerprint density at radius 1 is 1.03 bits per heavy atom. The molecular weight excluding hydrogens is 414 g/mol. The summed E-state index contributed by atoms with van der Waals surface area (Å²) in [6, 6.07) is 11.0. The molecule has 1 fully saturated rings. The minimum absolute atomic E-state index is 0.0507. The van der Waals surface area contributed by atoms with Crippen LogP contribution in [0.3, 0.4) is 0 Å². The molecule has 2 aliphatic rings. The fourth-order valence-electron chi connectivity index (χ4n) is 6.35. The quantitative estimate of drug-likeness (QED) is 0.415. The SMILES string of the molecule is CCc1cc(C)cc(CC)c1C1=C(O)[C@@H]2C(C)C(c3ccc([N+](=O)[O-])cc3)CC(C)[C@@H]2C1=O. The molecule has 33 heavy (non-hydrogen) atoms. The molecule has 0 bridgehead atoms. The van der Waals surface area contributed by atoms with Crippen LogP contribution in [-0.4, -0.2) is 15.8 Å². The van der Waals surface area contributed by atoms with Crippen LogP contribution < -0.4 is 0 Å². The summed E-state index contributed by atoms with van der Waals surface area (Å²) in [5.74, 6) is 0.156. The van der Waals surface area contributed by atoms with Crippen LogP contribution in [0.2, 0.25) is 0 Å². The lowest BCUT2D eigenvalue weighted by Crippen LogP contribution is -2.38. The number of aliphatic hydroxyl groups excluding tert-OH is 1. The third-order valence-electron chi connectivity index (χ3n) is 7.94. The summed E-state index contributed by atoms with van der Waals surface area (Å²) in [6.45, 7) is 10.5. The van der Waals surface area contributed by atoms with Gasteiger partial charge in [-0.05, 0) is 66.2 Å². The number of nitrogens with zero attached hydrogens (tertiary/aromatic N) is 1. The molecule has 0 amide bonds. The number of carbonyl (C=O) groups is 1. The van der Waals surface area contributed by atoms with Crippen molar-refractivity contribution >= 4 is 17.0 Å². The third kappa shape index (κ3) is 3.77. The van der Waals surface area contributed by atoms with Gasteiger partial charge < -0.3 is 5.11 Å². The molecule has 174 valence electrons. The van der Waals surface area contributed by atoms with E-state index < -0.39 is 0 Å². The summed E-state index contributed by atoms with van der Waals surface area (Å²) < 4.78 is 0. The maximum Gasteiger partial charge on any atom is 0.269 e. The summed E-state index contributed by atoms with van der Waals surface area (Å²) in [5.41, 5.74) is 5.99. The number of ketones is 1. The summed E-state index contributed by atoms with van der Waals surface area (Å²) in [6.07, 6.45) is 2.43. The van der Waals surface area contributed by atoms with Gasteiger partial charge >= 0.3 is 0 Å². The number of benzene rings is 2. The first kappa shape index (κ1) is 23.2. The molecular formula is C28H33NO4. The number of non-ortho nitro benzene ring substituents is 1. The second-order valence-electron chi connectivity index (χ2n) is 9.87. The van der Waals surface area contributed by atoms with Gasteiger partial charge in [-0.25, -0.2) is 0 Å². The van der Waals surface area contributed by atoms with Crippen molar-refractivity contribution in [3.8, 4) is 0 Å². The van der Waals surface area contributed by atoms with E-state index in [2.05, 4.69) is 46.8 Å². The Kier molecular flexibility index (Phi) is 6.17. The Balaban J connectivity index is 1.79. The van der Waals surface area contributed by atoms with Crippen molar-refractivity contribution in [1.29, 1.82) is 0 Å². The van der Waals surface area contributed by atoms with Gasteiger partial charge in [0.1, 0.15) is 5.76 Å². The van der Waals surface area contributed by atoms with Gasteiger partial charge in [0.15, 0.2) is 5.78 Å². The van der Waals surface area contributed by atoms with E-state index in [4.69, 9.17) is 0 Å². The van der Waals surface area contributed by atoms with Crippen LogP contribution in [0.5, 0.6) is 0 Å². The normalized spacial score (nSPS) is 27.1. The van der Waals surface area contributed by atoms with Gasteiger partial charge in [0.2, 0.25) is 0 Å². The van der Waals surface area contributed by atoms with Crippen LogP contribution in [0, 0.1) is 40.7 Å². The minimum Gasteiger partial charge on any atom is -0.511 e. The van der Waals surface area contributed by atoms with Crippen LogP contribution >= 0.6 is 0 Å². The summed E-state index contributed by atoms with van der Waals surface area (Å²) in [7, 11) is 0. The predicted molar refractivity (Wildman–Crippen MR) is 130 cm³/mol. The Hall–Kier alpha value is -2.95. The molecule has 0 heterocycles. The first-order valence-electron chi connectivity index (χ1n) is 12.0. The number of nitro benzene ring substituents is 1. The largest absolute Gasteiger partial charge is 0.511 e. The maximum atomic E-state index is 13.8. The lowest BCUT2D eigenvalue weighted by Gasteiger charge is -2.41. The Morgan fingerprint density at radius 2 is 1.61 bits per heavy atom. The molecule has 3 unspecified atom stereocenters. The lowest BCUT2D eigenvalue weighted by molar-refractivity contribution is -0.384. The van der Waals surface area contributed by atoms with Gasteiger partial charge in [0.25, 0.3) is 5.69 Å². The van der Waals surface area contributed by atoms with Crippen molar-refractivity contribution < 1.29 is 14.8 Å². The molecule has 5 atom stereocenters. The third-order valence-corrected chi connectivity index (χ3v) is 7.94. The van der Waals surface area contributed by atoms with Crippen LogP contribution in [0.4, 0.5) is 5.69 Å². The predicted octanol–water partition coefficient (Wildman–Crippen LogP) is 6.57. The van der Waals surface area contributed by atoms with Crippen molar-refractivity contribution in [3.05, 3.63) is 80.1 Å². The molecule has 1 N–H and O–H groups in total. The number of aliphatic hydroxyl groups is 1. The number of aryl methyl sites for hydroxylation is 3. The summed E-state index contributed by atoms with van der Waals surface area (Å²) in [5, 5.41) is 22.6. The van der Waals surface area contributed by atoms with E-state index in [0.717, 1.165) is 41.5 Å². The number of nitro groups is 1. The number of rotatable bonds is 5. The van der Waals surface area contributed by atoms with Crippen molar-refractivity contribution in [2.24, 2.45) is 23.7 Å². The van der Waals surface area contributed by atoms with Gasteiger partial charge in [-0.1, -0.05) is 57.5 Å². The van der Waals surface area contributed by atoms with Crippen molar-refractivity contribution in [2.75, 3.05) is 0 Å². The monoisotopic (exact) mass is 447 g/mol. The van der Waals surface area contributed by atoms with Crippen LogP contribution in [-0.2, 0) is 17.6 Å². The first-order chi connectivity index (χ1) is 15.7. The highest BCUT2D eigenvalue weighted by Gasteiger charge is 2.53. The van der Waals surface area contributed by atoms with Gasteiger partial charge in [-0.3, -0.25) is 14.9 Å². The molecule has 5 heteroatoms. The Bertz CT molecular complexity index is 1110. The molecule has 0 aromatic heterocycles. The highest BCUT2D eigenvalue weighted by atomic mass is 16.6. The molecule has 0 radical (unpaired) electrons. The number of allylic oxidation sites excluding steroid dienone is 2. The van der Waals surface area contributed by atoms with E-state index >= 15 is 0 Å².